The summed E-state index contributed by atoms with van der Waals surface area (Å²) in [4.78, 5) is 14.0. The topological polar surface area (TPSA) is 81.1 Å². The van der Waals surface area contributed by atoms with E-state index in [2.05, 4.69) is 33.8 Å². The molecule has 0 unspecified atom stereocenters. The van der Waals surface area contributed by atoms with Crippen molar-refractivity contribution in [3.8, 4) is 33.8 Å². The van der Waals surface area contributed by atoms with Gasteiger partial charge in [0.2, 0.25) is 0 Å². The van der Waals surface area contributed by atoms with Crippen molar-refractivity contribution >= 4 is 16.7 Å². The van der Waals surface area contributed by atoms with Gasteiger partial charge in [-0.3, -0.25) is 4.98 Å². The van der Waals surface area contributed by atoms with E-state index in [1.165, 1.54) is 0 Å². The van der Waals surface area contributed by atoms with Crippen LogP contribution in [-0.2, 0) is 6.54 Å². The number of aromatic nitrogens is 6. The van der Waals surface area contributed by atoms with Crippen LogP contribution in [0.4, 0.5) is 0 Å². The summed E-state index contributed by atoms with van der Waals surface area (Å²) in [6.45, 7) is 0.740. The van der Waals surface area contributed by atoms with E-state index in [0.29, 0.717) is 18.8 Å². The van der Waals surface area contributed by atoms with E-state index >= 15 is 0 Å². The minimum Gasteiger partial charge on any atom is -0.396 e. The molecule has 1 N–H and O–H groups in total. The molecule has 2 aromatic carbocycles. The van der Waals surface area contributed by atoms with Crippen molar-refractivity contribution in [1.82, 2.24) is 29.1 Å². The Morgan fingerprint density at radius 2 is 1.53 bits per heavy atom. The van der Waals surface area contributed by atoms with Crippen LogP contribution in [0.1, 0.15) is 6.42 Å². The van der Waals surface area contributed by atoms with Crippen LogP contribution < -0.4 is 0 Å². The van der Waals surface area contributed by atoms with Crippen LogP contribution in [0.2, 0.25) is 0 Å². The highest BCUT2D eigenvalue weighted by atomic mass is 16.3. The van der Waals surface area contributed by atoms with Crippen LogP contribution in [0.5, 0.6) is 0 Å². The molecule has 0 aliphatic rings. The van der Waals surface area contributed by atoms with Gasteiger partial charge in [-0.1, -0.05) is 60.7 Å². The molecule has 34 heavy (non-hydrogen) atoms. The molecular formula is C27H22N6O. The maximum absolute atomic E-state index is 9.62. The Labute approximate surface area is 196 Å². The second-order valence-corrected chi connectivity index (χ2v) is 8.07. The van der Waals surface area contributed by atoms with Gasteiger partial charge in [0.15, 0.2) is 11.5 Å². The van der Waals surface area contributed by atoms with Gasteiger partial charge in [-0.15, -0.1) is 5.10 Å². The monoisotopic (exact) mass is 446 g/mol. The number of aliphatic hydroxyl groups excluding tert-OH is 1. The number of hydrogen-bond donors (Lipinski definition) is 1. The smallest absolute Gasteiger partial charge is 0.183 e. The first-order chi connectivity index (χ1) is 16.8. The van der Waals surface area contributed by atoms with Crippen LogP contribution >= 0.6 is 0 Å². The molecule has 6 aromatic rings. The molecule has 6 rings (SSSR count). The predicted molar refractivity (Wildman–Crippen MR) is 132 cm³/mol. The quantitative estimate of drug-likeness (QED) is 0.395. The molecule has 0 spiro atoms. The Hall–Kier alpha value is -4.36. The van der Waals surface area contributed by atoms with Crippen LogP contribution in [0.25, 0.3) is 50.5 Å². The zero-order valence-electron chi connectivity index (χ0n) is 18.4. The lowest BCUT2D eigenvalue weighted by atomic mass is 9.99. The normalized spacial score (nSPS) is 11.4. The van der Waals surface area contributed by atoms with Crippen molar-refractivity contribution in [3.05, 3.63) is 91.5 Å². The average Bonchev–Trinajstić information content (AvgIpc) is 3.48. The first-order valence-corrected chi connectivity index (χ1v) is 11.2. The third kappa shape index (κ3) is 3.34. The molecule has 0 radical (unpaired) electrons. The Morgan fingerprint density at radius 3 is 2.24 bits per heavy atom. The van der Waals surface area contributed by atoms with Crippen molar-refractivity contribution < 1.29 is 5.11 Å². The Bertz CT molecular complexity index is 1570. The van der Waals surface area contributed by atoms with E-state index in [4.69, 9.17) is 15.1 Å². The van der Waals surface area contributed by atoms with Crippen molar-refractivity contribution in [2.75, 3.05) is 6.61 Å². The number of benzene rings is 2. The summed E-state index contributed by atoms with van der Waals surface area (Å²) in [7, 11) is 0. The van der Waals surface area contributed by atoms with Crippen LogP contribution in [0.15, 0.2) is 91.5 Å². The van der Waals surface area contributed by atoms with E-state index < -0.39 is 0 Å². The molecule has 0 saturated heterocycles. The largest absolute Gasteiger partial charge is 0.396 e. The zero-order chi connectivity index (χ0) is 22.9. The fourth-order valence-electron chi connectivity index (χ4n) is 4.48. The molecular weight excluding hydrogens is 424 g/mol. The van der Waals surface area contributed by atoms with Gasteiger partial charge in [-0.05, 0) is 29.7 Å². The fraction of sp³-hybridized carbons (Fsp3) is 0.111. The number of aryl methyl sites for hydroxylation is 1. The van der Waals surface area contributed by atoms with Gasteiger partial charge < -0.3 is 9.67 Å². The zero-order valence-corrected chi connectivity index (χ0v) is 18.4. The number of fused-ring (bicyclic) bond motifs is 3. The Balaban J connectivity index is 1.74. The molecule has 166 valence electrons. The molecule has 0 amide bonds. The second kappa shape index (κ2) is 8.53. The van der Waals surface area contributed by atoms with E-state index in [9.17, 15) is 5.11 Å². The number of pyridine rings is 1. The predicted octanol–water partition coefficient (Wildman–Crippen LogP) is 4.86. The summed E-state index contributed by atoms with van der Waals surface area (Å²) in [5.74, 6) is 0.603. The highest BCUT2D eigenvalue weighted by molar-refractivity contribution is 6.09. The molecule has 0 fully saturated rings. The Morgan fingerprint density at radius 1 is 0.794 bits per heavy atom. The van der Waals surface area contributed by atoms with Crippen molar-refractivity contribution in [2.24, 2.45) is 0 Å². The average molecular weight is 447 g/mol. The maximum Gasteiger partial charge on any atom is 0.183 e. The maximum atomic E-state index is 9.62. The van der Waals surface area contributed by atoms with Crippen molar-refractivity contribution in [3.63, 3.8) is 0 Å². The summed E-state index contributed by atoms with van der Waals surface area (Å²) in [6, 6.07) is 24.5. The summed E-state index contributed by atoms with van der Waals surface area (Å²) < 4.78 is 3.93. The Kier molecular flexibility index (Phi) is 5.08. The highest BCUT2D eigenvalue weighted by Crippen LogP contribution is 2.42. The molecule has 4 heterocycles. The van der Waals surface area contributed by atoms with Gasteiger partial charge >= 0.3 is 0 Å². The summed E-state index contributed by atoms with van der Waals surface area (Å²) in [6.07, 6.45) is 5.83. The van der Waals surface area contributed by atoms with Crippen molar-refractivity contribution in [1.29, 1.82) is 0 Å². The molecule has 4 aromatic heterocycles. The van der Waals surface area contributed by atoms with E-state index in [-0.39, 0.29) is 6.61 Å². The molecule has 0 aliphatic heterocycles. The lowest BCUT2D eigenvalue weighted by Crippen LogP contribution is -2.04. The highest BCUT2D eigenvalue weighted by Gasteiger charge is 2.24. The fourth-order valence-corrected chi connectivity index (χ4v) is 4.48. The SMILES string of the molecule is OCCCn1c(-c2ccccc2)c(-c2ccccc2)c2c1ncn1nc(-c3cccnc3)nc21. The standard InChI is InChI=1S/C27H22N6O/c34-16-8-15-32-24(20-11-5-2-6-12-20)22(19-9-3-1-4-10-19)23-26(32)29-18-33-27(23)30-25(31-33)21-13-7-14-28-17-21/h1-7,9-14,17-18,34H,8,15-16H2. The minimum absolute atomic E-state index is 0.104. The third-order valence-electron chi connectivity index (χ3n) is 5.95. The first kappa shape index (κ1) is 20.3. The third-order valence-corrected chi connectivity index (χ3v) is 5.95. The van der Waals surface area contributed by atoms with Gasteiger partial charge in [0.1, 0.15) is 12.0 Å². The van der Waals surface area contributed by atoms with Crippen molar-refractivity contribution in [2.45, 2.75) is 13.0 Å². The molecule has 0 bridgehead atoms. The van der Waals surface area contributed by atoms with Crippen LogP contribution in [-0.4, -0.2) is 40.8 Å². The number of hydrogen-bond acceptors (Lipinski definition) is 5. The van der Waals surface area contributed by atoms with Gasteiger partial charge in [0, 0.05) is 36.7 Å². The van der Waals surface area contributed by atoms with E-state index in [0.717, 1.165) is 44.6 Å². The minimum atomic E-state index is 0.104. The molecule has 0 atom stereocenters. The molecule has 0 aliphatic carbocycles. The number of rotatable bonds is 6. The van der Waals surface area contributed by atoms with Crippen LogP contribution in [0.3, 0.4) is 0 Å². The number of nitrogens with zero attached hydrogens (tertiary/aromatic N) is 6. The summed E-state index contributed by atoms with van der Waals surface area (Å²) >= 11 is 0. The van der Waals surface area contributed by atoms with Gasteiger partial charge in [0.05, 0.1) is 11.1 Å². The lowest BCUT2D eigenvalue weighted by Gasteiger charge is -2.12. The summed E-state index contributed by atoms with van der Waals surface area (Å²) in [5.41, 5.74) is 6.69. The lowest BCUT2D eigenvalue weighted by molar-refractivity contribution is 0.281. The van der Waals surface area contributed by atoms with E-state index in [1.54, 1.807) is 23.2 Å². The second-order valence-electron chi connectivity index (χ2n) is 8.07. The van der Waals surface area contributed by atoms with Crippen LogP contribution in [0, 0.1) is 0 Å². The van der Waals surface area contributed by atoms with Gasteiger partial charge in [-0.25, -0.2) is 14.5 Å². The van der Waals surface area contributed by atoms with Gasteiger partial charge in [0.25, 0.3) is 0 Å². The van der Waals surface area contributed by atoms with Gasteiger partial charge in [-0.2, -0.15) is 0 Å². The van der Waals surface area contributed by atoms with E-state index in [1.807, 2.05) is 48.5 Å². The summed E-state index contributed by atoms with van der Waals surface area (Å²) in [5, 5.41) is 15.3. The molecule has 0 saturated carbocycles. The first-order valence-electron chi connectivity index (χ1n) is 11.2. The molecule has 7 nitrogen and oxygen atoms in total. The number of aliphatic hydroxyl groups is 1. The molecule has 7 heteroatoms.